The largest absolute Gasteiger partial charge is 0.278 e. The van der Waals surface area contributed by atoms with E-state index < -0.39 is 11.1 Å². The van der Waals surface area contributed by atoms with Crippen molar-refractivity contribution in [3.05, 3.63) is 0 Å². The van der Waals surface area contributed by atoms with E-state index in [1.54, 1.807) is 0 Å². The summed E-state index contributed by atoms with van der Waals surface area (Å²) in [4.78, 5) is 0. The predicted molar refractivity (Wildman–Crippen MR) is 14.5 cm³/mol. The van der Waals surface area contributed by atoms with Gasteiger partial charge in [-0.3, -0.25) is 0 Å². The minimum atomic E-state index is -8.55. The van der Waals surface area contributed by atoms with E-state index in [0.29, 0.717) is 0 Å². The van der Waals surface area contributed by atoms with Gasteiger partial charge in [-0.2, -0.15) is 0 Å². The standard InChI is InChI=1S/F5HS/c1-6(2,3,4)5/h6H. The molecule has 0 aliphatic heterocycles. The zero-order valence-electron chi connectivity index (χ0n) is 2.34. The summed E-state index contributed by atoms with van der Waals surface area (Å²) in [5.74, 6) is 0. The maximum atomic E-state index is 9.84. The van der Waals surface area contributed by atoms with Gasteiger partial charge in [0.2, 0.25) is 0 Å². The summed E-state index contributed by atoms with van der Waals surface area (Å²) in [7, 11) is 0. The number of rotatable bonds is 0. The third-order valence-electron chi connectivity index (χ3n) is 0. The summed E-state index contributed by atoms with van der Waals surface area (Å²) in [5.41, 5.74) is 0. The van der Waals surface area contributed by atoms with Crippen LogP contribution >= 0.6 is 11.1 Å². The van der Waals surface area contributed by atoms with Crippen molar-refractivity contribution in [2.75, 3.05) is 0 Å². The molecule has 0 nitrogen and oxygen atoms in total. The highest BCUT2D eigenvalue weighted by molar-refractivity contribution is 8.29. The van der Waals surface area contributed by atoms with E-state index in [1.807, 2.05) is 0 Å². The highest BCUT2D eigenvalue weighted by atomic mass is 32.4. The molecule has 0 aliphatic rings. The summed E-state index contributed by atoms with van der Waals surface area (Å²) < 4.78 is 49.2. The van der Waals surface area contributed by atoms with E-state index in [9.17, 15) is 19.4 Å². The smallest absolute Gasteiger partial charge is 0.100 e. The number of hydrogen-bond donors (Lipinski definition) is 1. The van der Waals surface area contributed by atoms with Crippen LogP contribution in [0.4, 0.5) is 19.4 Å². The van der Waals surface area contributed by atoms with Crippen LogP contribution < -0.4 is 0 Å². The van der Waals surface area contributed by atoms with E-state index in [2.05, 4.69) is 0 Å². The second-order valence-electron chi connectivity index (χ2n) is 0.639. The van der Waals surface area contributed by atoms with Gasteiger partial charge < -0.3 is 0 Å². The van der Waals surface area contributed by atoms with Gasteiger partial charge in [0.1, 0.15) is 0 Å². The first-order chi connectivity index (χ1) is 2.24. The molecule has 0 spiro atoms. The molecule has 0 aromatic carbocycles. The molecule has 0 unspecified atom stereocenters. The van der Waals surface area contributed by atoms with Crippen LogP contribution in [-0.2, 0) is 0 Å². The van der Waals surface area contributed by atoms with E-state index >= 15 is 0 Å². The fourth-order valence-electron chi connectivity index (χ4n) is 0. The van der Waals surface area contributed by atoms with Crippen molar-refractivity contribution in [3.8, 4) is 0 Å². The van der Waals surface area contributed by atoms with Crippen molar-refractivity contribution in [1.82, 2.24) is 0 Å². The maximum Gasteiger partial charge on any atom is 0.278 e. The Balaban J connectivity index is 3.73. The molecule has 0 saturated heterocycles. The first kappa shape index (κ1) is 6.00. The van der Waals surface area contributed by atoms with Gasteiger partial charge in [-0.05, 0) is 0 Å². The van der Waals surface area contributed by atoms with Crippen molar-refractivity contribution in [2.24, 2.45) is 0 Å². The lowest BCUT2D eigenvalue weighted by Crippen LogP contribution is -1.70. The highest BCUT2D eigenvalue weighted by Crippen LogP contribution is 2.78. The van der Waals surface area contributed by atoms with Crippen LogP contribution in [0.3, 0.4) is 0 Å². The van der Waals surface area contributed by atoms with Crippen LogP contribution in [-0.4, -0.2) is 0 Å². The van der Waals surface area contributed by atoms with Crippen LogP contribution in [0.2, 0.25) is 0 Å². The van der Waals surface area contributed by atoms with Gasteiger partial charge >= 0.3 is 0 Å². The molecular weight excluding hydrogens is 127 g/mol. The first-order valence-electron chi connectivity index (χ1n) is 0.845. The Morgan fingerprint density at radius 1 is 0.667 bits per heavy atom. The molecule has 0 saturated carbocycles. The van der Waals surface area contributed by atoms with Crippen LogP contribution in [0.5, 0.6) is 0 Å². The molecule has 0 fully saturated rings. The Bertz CT molecular complexity index is 37.1. The quantitative estimate of drug-likeness (QED) is 0.376. The van der Waals surface area contributed by atoms with Crippen LogP contribution in [0.25, 0.3) is 0 Å². The van der Waals surface area contributed by atoms with E-state index in [0.717, 1.165) is 0 Å². The minimum Gasteiger partial charge on any atom is -0.100 e. The molecule has 0 heterocycles. The summed E-state index contributed by atoms with van der Waals surface area (Å²) in [6.07, 6.45) is 0. The lowest BCUT2D eigenvalue weighted by atomic mass is 18.6. The van der Waals surface area contributed by atoms with Crippen LogP contribution in [0, 0.1) is 0 Å². The normalized spacial score (nSPS) is 19.2. The van der Waals surface area contributed by atoms with Gasteiger partial charge in [-0.25, -0.2) is 0 Å². The fraction of sp³-hybridized carbons (Fsp3) is 0. The molecule has 0 aliphatic carbocycles. The topological polar surface area (TPSA) is 0 Å². The Labute approximate surface area is 31.7 Å². The molecule has 6 heavy (non-hydrogen) atoms. The summed E-state index contributed by atoms with van der Waals surface area (Å²) in [6, 6.07) is 0. The van der Waals surface area contributed by atoms with Gasteiger partial charge in [0.15, 0.2) is 0 Å². The van der Waals surface area contributed by atoms with Crippen molar-refractivity contribution in [1.29, 1.82) is 0 Å². The number of hydrogen-bond acceptors (Lipinski definition) is 0. The second-order valence-corrected chi connectivity index (χ2v) is 1.92. The monoisotopic (exact) mass is 128 g/mol. The van der Waals surface area contributed by atoms with Crippen molar-refractivity contribution >= 4 is 11.1 Å². The van der Waals surface area contributed by atoms with Crippen molar-refractivity contribution in [2.45, 2.75) is 0 Å². The third-order valence-corrected chi connectivity index (χ3v) is 0. The third kappa shape index (κ3) is 11700000000000000573797782385590272. The fourth-order valence-corrected chi connectivity index (χ4v) is 0. The summed E-state index contributed by atoms with van der Waals surface area (Å²) in [6.45, 7) is 0. The molecule has 0 amide bonds. The summed E-state index contributed by atoms with van der Waals surface area (Å²) >= 11 is -8.55. The second kappa shape index (κ2) is 0.800. The number of halogens is 5. The van der Waals surface area contributed by atoms with E-state index in [1.165, 1.54) is 0 Å². The Morgan fingerprint density at radius 2 is 0.667 bits per heavy atom. The molecule has 0 rings (SSSR count). The molecule has 0 radical (unpaired) electrons. The molecule has 0 aromatic rings. The zero-order valence-corrected chi connectivity index (χ0v) is 3.23. The average molecular weight is 128 g/mol. The van der Waals surface area contributed by atoms with Crippen LogP contribution in [0.15, 0.2) is 0 Å². The van der Waals surface area contributed by atoms with Gasteiger partial charge in [-0.1, -0.05) is 0 Å². The maximum absolute atomic E-state index is 9.84. The minimum absolute atomic E-state index is 8.55. The highest BCUT2D eigenvalue weighted by Gasteiger charge is 2.33. The van der Waals surface area contributed by atoms with Gasteiger partial charge in [0.25, 0.3) is 11.1 Å². The van der Waals surface area contributed by atoms with Gasteiger partial charge in [0, 0.05) is 0 Å². The van der Waals surface area contributed by atoms with Gasteiger partial charge in [0.05, 0.1) is 0 Å². The zero-order chi connectivity index (χ0) is 5.45. The molecule has 42 valence electrons. The molecule has 0 atom stereocenters. The Morgan fingerprint density at radius 3 is 0.667 bits per heavy atom. The molecule has 0 aromatic heterocycles. The van der Waals surface area contributed by atoms with Crippen LogP contribution in [0.1, 0.15) is 0 Å². The predicted octanol–water partition coefficient (Wildman–Crippen LogP) is 2.48. The Kier molecular flexibility index (Phi) is 0.800. The molecule has 0 bridgehead atoms. The van der Waals surface area contributed by atoms with E-state index in [4.69, 9.17) is 0 Å². The lowest BCUT2D eigenvalue weighted by molar-refractivity contribution is 0.415. The van der Waals surface area contributed by atoms with E-state index in [-0.39, 0.29) is 0 Å². The average Bonchev–Trinajstić information content (AvgIpc) is 0.650. The van der Waals surface area contributed by atoms with Gasteiger partial charge in [-0.15, -0.1) is 19.4 Å². The van der Waals surface area contributed by atoms with Crippen molar-refractivity contribution < 1.29 is 19.4 Å². The SMILES string of the molecule is F[SH](F)(F)(F)F. The summed E-state index contributed by atoms with van der Waals surface area (Å²) in [5, 5.41) is 0. The molecular formula is HF5S. The lowest BCUT2D eigenvalue weighted by Gasteiger charge is -2.15. The number of thiol groups is 1. The molecule has 0 N–H and O–H groups in total. The Hall–Kier alpha value is -0.0000000000000000555. The first-order valence-corrected chi connectivity index (χ1v) is 2.54. The molecule has 6 heteroatoms. The van der Waals surface area contributed by atoms with Crippen molar-refractivity contribution in [3.63, 3.8) is 0 Å².